The van der Waals surface area contributed by atoms with Gasteiger partial charge < -0.3 is 4.74 Å². The molecule has 1 heterocycles. The zero-order chi connectivity index (χ0) is 7.68. The summed E-state index contributed by atoms with van der Waals surface area (Å²) in [6.07, 6.45) is 0.833. The number of hydrogen-bond acceptors (Lipinski definition) is 1. The zero-order valence-corrected chi connectivity index (χ0v) is 6.13. The highest BCUT2D eigenvalue weighted by Crippen LogP contribution is 2.29. The van der Waals surface area contributed by atoms with E-state index in [2.05, 4.69) is 18.4 Å². The second kappa shape index (κ2) is 2.30. The molecule has 1 aromatic rings. The summed E-state index contributed by atoms with van der Waals surface area (Å²) in [4.78, 5) is 0. The van der Waals surface area contributed by atoms with Gasteiger partial charge in [-0.2, -0.15) is 0 Å². The average Bonchev–Trinajstić information content (AvgIpc) is 2.46. The standard InChI is InChI=1S/C10H8O/c1-2-9-7-8-5-3-4-6-10(8)11-9/h3-6H,1,7H2. The first-order chi connectivity index (χ1) is 5.40. The Hall–Kier alpha value is -1.46. The van der Waals surface area contributed by atoms with Gasteiger partial charge in [0.15, 0.2) is 5.76 Å². The van der Waals surface area contributed by atoms with Crippen molar-refractivity contribution >= 4 is 0 Å². The van der Waals surface area contributed by atoms with Crippen LogP contribution >= 0.6 is 0 Å². The topological polar surface area (TPSA) is 9.23 Å². The van der Waals surface area contributed by atoms with Crippen LogP contribution in [-0.4, -0.2) is 0 Å². The lowest BCUT2D eigenvalue weighted by Gasteiger charge is -1.94. The van der Waals surface area contributed by atoms with Crippen molar-refractivity contribution in [2.75, 3.05) is 0 Å². The maximum absolute atomic E-state index is 5.40. The minimum absolute atomic E-state index is 0.825. The summed E-state index contributed by atoms with van der Waals surface area (Å²) < 4.78 is 5.40. The number of hydrogen-bond donors (Lipinski definition) is 0. The fraction of sp³-hybridized carbons (Fsp3) is 0.100. The third-order valence-corrected chi connectivity index (χ3v) is 1.75. The van der Waals surface area contributed by atoms with Crippen LogP contribution in [0.1, 0.15) is 5.56 Å². The first-order valence-electron chi connectivity index (χ1n) is 3.55. The summed E-state index contributed by atoms with van der Waals surface area (Å²) in [7, 11) is 0. The Morgan fingerprint density at radius 2 is 2.18 bits per heavy atom. The highest BCUT2D eigenvalue weighted by atomic mass is 16.5. The van der Waals surface area contributed by atoms with E-state index in [9.17, 15) is 0 Å². The summed E-state index contributed by atoms with van der Waals surface area (Å²) in [5.74, 6) is 1.77. The van der Waals surface area contributed by atoms with Gasteiger partial charge in [0.1, 0.15) is 5.75 Å². The van der Waals surface area contributed by atoms with Crippen LogP contribution < -0.4 is 4.74 Å². The first kappa shape index (κ1) is 6.26. The monoisotopic (exact) mass is 144 g/mol. The van der Waals surface area contributed by atoms with E-state index < -0.39 is 0 Å². The van der Waals surface area contributed by atoms with Gasteiger partial charge >= 0.3 is 0 Å². The highest BCUT2D eigenvalue weighted by Gasteiger charge is 2.14. The Morgan fingerprint density at radius 1 is 1.36 bits per heavy atom. The molecular formula is C10H8O. The summed E-state index contributed by atoms with van der Waals surface area (Å²) in [5, 5.41) is 0. The van der Waals surface area contributed by atoms with Gasteiger partial charge in [-0.25, -0.2) is 0 Å². The molecule has 0 spiro atoms. The highest BCUT2D eigenvalue weighted by molar-refractivity contribution is 5.41. The second-order valence-corrected chi connectivity index (χ2v) is 2.49. The second-order valence-electron chi connectivity index (χ2n) is 2.49. The maximum atomic E-state index is 5.40. The molecule has 1 nitrogen and oxygen atoms in total. The Kier molecular flexibility index (Phi) is 1.31. The number of allylic oxidation sites excluding steroid dienone is 1. The van der Waals surface area contributed by atoms with Crippen LogP contribution in [0.5, 0.6) is 5.75 Å². The van der Waals surface area contributed by atoms with Crippen molar-refractivity contribution in [3.63, 3.8) is 0 Å². The van der Waals surface area contributed by atoms with Crippen molar-refractivity contribution in [1.29, 1.82) is 0 Å². The number of ether oxygens (including phenoxy) is 1. The SMILES string of the molecule is C=C=C1Cc2ccccc2O1. The molecule has 0 radical (unpaired) electrons. The summed E-state index contributed by atoms with van der Waals surface area (Å²) in [6.45, 7) is 3.54. The Morgan fingerprint density at radius 3 is 2.91 bits per heavy atom. The van der Waals surface area contributed by atoms with Gasteiger partial charge in [0, 0.05) is 12.0 Å². The van der Waals surface area contributed by atoms with Crippen molar-refractivity contribution < 1.29 is 4.74 Å². The van der Waals surface area contributed by atoms with Crippen LogP contribution in [0.15, 0.2) is 42.3 Å². The van der Waals surface area contributed by atoms with Gasteiger partial charge in [0.2, 0.25) is 0 Å². The van der Waals surface area contributed by atoms with Crippen molar-refractivity contribution in [3.05, 3.63) is 47.9 Å². The van der Waals surface area contributed by atoms with E-state index in [0.29, 0.717) is 0 Å². The summed E-state index contributed by atoms with van der Waals surface area (Å²) in [6, 6.07) is 7.98. The molecule has 1 aliphatic heterocycles. The van der Waals surface area contributed by atoms with Crippen LogP contribution in [0.3, 0.4) is 0 Å². The zero-order valence-electron chi connectivity index (χ0n) is 6.13. The molecule has 1 aromatic carbocycles. The third-order valence-electron chi connectivity index (χ3n) is 1.75. The van der Waals surface area contributed by atoms with Crippen LogP contribution in [-0.2, 0) is 6.42 Å². The van der Waals surface area contributed by atoms with E-state index in [0.717, 1.165) is 17.9 Å². The van der Waals surface area contributed by atoms with Crippen LogP contribution in [0.4, 0.5) is 0 Å². The summed E-state index contributed by atoms with van der Waals surface area (Å²) in [5.41, 5.74) is 3.98. The van der Waals surface area contributed by atoms with Gasteiger partial charge in [-0.1, -0.05) is 30.5 Å². The van der Waals surface area contributed by atoms with E-state index in [1.165, 1.54) is 5.56 Å². The molecule has 0 saturated carbocycles. The van der Waals surface area contributed by atoms with Gasteiger partial charge in [0.25, 0.3) is 0 Å². The van der Waals surface area contributed by atoms with Crippen molar-refractivity contribution in [2.24, 2.45) is 0 Å². The lowest BCUT2D eigenvalue weighted by Crippen LogP contribution is -1.83. The molecule has 1 heteroatoms. The number of rotatable bonds is 0. The van der Waals surface area contributed by atoms with Gasteiger partial charge in [-0.15, -0.1) is 0 Å². The molecule has 0 N–H and O–H groups in total. The van der Waals surface area contributed by atoms with E-state index in [1.807, 2.05) is 18.2 Å². The minimum atomic E-state index is 0.825. The number of benzene rings is 1. The lowest BCUT2D eigenvalue weighted by atomic mass is 10.1. The molecule has 0 aromatic heterocycles. The molecule has 0 fully saturated rings. The quantitative estimate of drug-likeness (QED) is 0.507. The van der Waals surface area contributed by atoms with E-state index in [-0.39, 0.29) is 0 Å². The van der Waals surface area contributed by atoms with E-state index >= 15 is 0 Å². The molecule has 0 bridgehead atoms. The predicted octanol–water partition coefficient (Wildman–Crippen LogP) is 2.29. The fourth-order valence-corrected chi connectivity index (χ4v) is 1.19. The van der Waals surface area contributed by atoms with Crippen molar-refractivity contribution in [1.82, 2.24) is 0 Å². The molecule has 11 heavy (non-hydrogen) atoms. The number of para-hydroxylation sites is 1. The molecule has 0 amide bonds. The van der Waals surface area contributed by atoms with Gasteiger partial charge in [-0.3, -0.25) is 0 Å². The maximum Gasteiger partial charge on any atom is 0.150 e. The average molecular weight is 144 g/mol. The van der Waals surface area contributed by atoms with Crippen molar-refractivity contribution in [3.8, 4) is 5.75 Å². The third kappa shape index (κ3) is 0.957. The largest absolute Gasteiger partial charge is 0.453 e. The minimum Gasteiger partial charge on any atom is -0.453 e. The molecule has 0 unspecified atom stereocenters. The molecule has 54 valence electrons. The molecular weight excluding hydrogens is 136 g/mol. The van der Waals surface area contributed by atoms with E-state index in [4.69, 9.17) is 4.74 Å². The van der Waals surface area contributed by atoms with Crippen molar-refractivity contribution in [2.45, 2.75) is 6.42 Å². The number of fused-ring (bicyclic) bond motifs is 1. The van der Waals surface area contributed by atoms with Gasteiger partial charge in [0.05, 0.1) is 0 Å². The fourth-order valence-electron chi connectivity index (χ4n) is 1.19. The Bertz CT molecular complexity index is 305. The van der Waals surface area contributed by atoms with Gasteiger partial charge in [-0.05, 0) is 6.07 Å². The van der Waals surface area contributed by atoms with Crippen LogP contribution in [0.2, 0.25) is 0 Å². The predicted molar refractivity (Wildman–Crippen MR) is 43.4 cm³/mol. The smallest absolute Gasteiger partial charge is 0.150 e. The van der Waals surface area contributed by atoms with Crippen LogP contribution in [0.25, 0.3) is 0 Å². The lowest BCUT2D eigenvalue weighted by molar-refractivity contribution is 0.448. The molecule has 0 saturated heterocycles. The molecule has 2 rings (SSSR count). The van der Waals surface area contributed by atoms with Crippen LogP contribution in [0, 0.1) is 0 Å². The normalized spacial score (nSPS) is 13.6. The Balaban J connectivity index is 2.48. The first-order valence-corrected chi connectivity index (χ1v) is 3.55. The molecule has 0 aliphatic carbocycles. The molecule has 0 atom stereocenters. The molecule has 1 aliphatic rings. The van der Waals surface area contributed by atoms with E-state index in [1.54, 1.807) is 0 Å². The summed E-state index contributed by atoms with van der Waals surface area (Å²) >= 11 is 0. The Labute approximate surface area is 65.6 Å².